The minimum atomic E-state index is 0. The number of rotatable bonds is 8. The molecular formula is C20H32IN7. The highest BCUT2D eigenvalue weighted by Crippen LogP contribution is 2.18. The van der Waals surface area contributed by atoms with Crippen LogP contribution in [0.2, 0.25) is 0 Å². The molecule has 2 heterocycles. The van der Waals surface area contributed by atoms with Crippen LogP contribution in [0.3, 0.4) is 0 Å². The fraction of sp³-hybridized carbons (Fsp3) is 0.550. The SMILES string of the molecule is CCc1nncn1CCNC(=NC)NCCCN1CCc2ccccc2C1.I. The molecule has 7 nitrogen and oxygen atoms in total. The summed E-state index contributed by atoms with van der Waals surface area (Å²) in [5, 5.41) is 14.8. The number of halogens is 1. The van der Waals surface area contributed by atoms with Gasteiger partial charge < -0.3 is 15.2 Å². The Labute approximate surface area is 185 Å². The molecule has 0 bridgehead atoms. The van der Waals surface area contributed by atoms with Gasteiger partial charge in [0.15, 0.2) is 5.96 Å². The number of aliphatic imine (C=N–C) groups is 1. The lowest BCUT2D eigenvalue weighted by Crippen LogP contribution is -2.40. The van der Waals surface area contributed by atoms with Gasteiger partial charge in [-0.1, -0.05) is 31.2 Å². The van der Waals surface area contributed by atoms with E-state index in [2.05, 4.69) is 66.5 Å². The highest BCUT2D eigenvalue weighted by molar-refractivity contribution is 14.0. The lowest BCUT2D eigenvalue weighted by molar-refractivity contribution is 0.251. The van der Waals surface area contributed by atoms with Gasteiger partial charge in [0.25, 0.3) is 0 Å². The normalized spacial score (nSPS) is 14.3. The van der Waals surface area contributed by atoms with Crippen molar-refractivity contribution >= 4 is 29.9 Å². The Kier molecular flexibility index (Phi) is 9.69. The molecule has 0 radical (unpaired) electrons. The van der Waals surface area contributed by atoms with Gasteiger partial charge in [0.2, 0.25) is 0 Å². The molecule has 3 rings (SSSR count). The Hall–Kier alpha value is -1.68. The first-order valence-corrected chi connectivity index (χ1v) is 9.90. The van der Waals surface area contributed by atoms with Crippen molar-refractivity contribution in [3.05, 3.63) is 47.5 Å². The van der Waals surface area contributed by atoms with E-state index in [9.17, 15) is 0 Å². The molecule has 0 amide bonds. The van der Waals surface area contributed by atoms with Crippen LogP contribution in [-0.2, 0) is 25.9 Å². The van der Waals surface area contributed by atoms with E-state index in [-0.39, 0.29) is 24.0 Å². The number of aryl methyl sites for hydroxylation is 1. The molecule has 0 aliphatic carbocycles. The predicted molar refractivity (Wildman–Crippen MR) is 124 cm³/mol. The van der Waals surface area contributed by atoms with Crippen molar-refractivity contribution in [2.75, 3.05) is 33.2 Å². The molecule has 1 aromatic carbocycles. The Balaban J connectivity index is 0.00000280. The molecule has 0 saturated carbocycles. The zero-order chi connectivity index (χ0) is 18.9. The number of nitrogens with zero attached hydrogens (tertiary/aromatic N) is 5. The molecule has 0 fully saturated rings. The van der Waals surface area contributed by atoms with Gasteiger partial charge in [-0.15, -0.1) is 34.2 Å². The zero-order valence-electron chi connectivity index (χ0n) is 16.9. The van der Waals surface area contributed by atoms with Crippen LogP contribution in [0.15, 0.2) is 35.6 Å². The number of nitrogens with one attached hydrogen (secondary N) is 2. The fourth-order valence-electron chi connectivity index (χ4n) is 3.51. The van der Waals surface area contributed by atoms with Crippen molar-refractivity contribution < 1.29 is 0 Å². The fourth-order valence-corrected chi connectivity index (χ4v) is 3.51. The Morgan fingerprint density at radius 2 is 1.93 bits per heavy atom. The van der Waals surface area contributed by atoms with Crippen LogP contribution < -0.4 is 10.6 Å². The number of fused-ring (bicyclic) bond motifs is 1. The van der Waals surface area contributed by atoms with Crippen molar-refractivity contribution in [3.8, 4) is 0 Å². The topological polar surface area (TPSA) is 70.4 Å². The van der Waals surface area contributed by atoms with Crippen LogP contribution in [0.4, 0.5) is 0 Å². The maximum absolute atomic E-state index is 4.30. The second-order valence-electron chi connectivity index (χ2n) is 6.87. The average Bonchev–Trinajstić information content (AvgIpc) is 3.17. The number of benzene rings is 1. The van der Waals surface area contributed by atoms with Gasteiger partial charge in [0.05, 0.1) is 0 Å². The van der Waals surface area contributed by atoms with Gasteiger partial charge in [-0.25, -0.2) is 0 Å². The van der Waals surface area contributed by atoms with Crippen molar-refractivity contribution in [2.24, 2.45) is 4.99 Å². The lowest BCUT2D eigenvalue weighted by atomic mass is 10.00. The van der Waals surface area contributed by atoms with Crippen LogP contribution in [-0.4, -0.2) is 58.9 Å². The molecule has 1 aromatic heterocycles. The van der Waals surface area contributed by atoms with Crippen molar-refractivity contribution in [2.45, 2.75) is 39.3 Å². The van der Waals surface area contributed by atoms with Crippen molar-refractivity contribution in [3.63, 3.8) is 0 Å². The highest BCUT2D eigenvalue weighted by atomic mass is 127. The molecule has 0 unspecified atom stereocenters. The van der Waals surface area contributed by atoms with Gasteiger partial charge in [0, 0.05) is 52.7 Å². The summed E-state index contributed by atoms with van der Waals surface area (Å²) >= 11 is 0. The van der Waals surface area contributed by atoms with E-state index in [1.165, 1.54) is 11.1 Å². The van der Waals surface area contributed by atoms with E-state index in [4.69, 9.17) is 0 Å². The summed E-state index contributed by atoms with van der Waals surface area (Å²) in [6.45, 7) is 7.99. The van der Waals surface area contributed by atoms with Crippen LogP contribution in [0, 0.1) is 0 Å². The number of hydrogen-bond acceptors (Lipinski definition) is 4. The summed E-state index contributed by atoms with van der Waals surface area (Å²) < 4.78 is 2.08. The zero-order valence-corrected chi connectivity index (χ0v) is 19.2. The summed E-state index contributed by atoms with van der Waals surface area (Å²) in [5.74, 6) is 1.87. The minimum absolute atomic E-state index is 0. The molecule has 2 N–H and O–H groups in total. The van der Waals surface area contributed by atoms with E-state index >= 15 is 0 Å². The van der Waals surface area contributed by atoms with E-state index in [0.29, 0.717) is 0 Å². The summed E-state index contributed by atoms with van der Waals surface area (Å²) in [6.07, 6.45) is 4.95. The van der Waals surface area contributed by atoms with Crippen LogP contribution in [0.1, 0.15) is 30.3 Å². The largest absolute Gasteiger partial charge is 0.356 e. The van der Waals surface area contributed by atoms with E-state index in [1.54, 1.807) is 6.33 Å². The van der Waals surface area contributed by atoms with Crippen LogP contribution in [0.5, 0.6) is 0 Å². The number of guanidine groups is 1. The molecule has 1 aliphatic heterocycles. The monoisotopic (exact) mass is 497 g/mol. The highest BCUT2D eigenvalue weighted by Gasteiger charge is 2.14. The average molecular weight is 497 g/mol. The third kappa shape index (κ3) is 6.44. The van der Waals surface area contributed by atoms with Gasteiger partial charge in [-0.05, 0) is 24.0 Å². The molecule has 0 saturated heterocycles. The quantitative estimate of drug-likeness (QED) is 0.253. The van der Waals surface area contributed by atoms with Crippen molar-refractivity contribution in [1.82, 2.24) is 30.3 Å². The minimum Gasteiger partial charge on any atom is -0.356 e. The second-order valence-corrected chi connectivity index (χ2v) is 6.87. The molecule has 0 spiro atoms. The molecule has 2 aromatic rings. The van der Waals surface area contributed by atoms with E-state index < -0.39 is 0 Å². The maximum Gasteiger partial charge on any atom is 0.191 e. The van der Waals surface area contributed by atoms with Crippen LogP contribution >= 0.6 is 24.0 Å². The van der Waals surface area contributed by atoms with E-state index in [0.717, 1.165) is 70.3 Å². The summed E-state index contributed by atoms with van der Waals surface area (Å²) in [7, 11) is 1.81. The standard InChI is InChI=1S/C20H31N7.HI/c1-3-19-25-24-16-27(19)14-11-23-20(21-2)22-10-6-12-26-13-9-17-7-4-5-8-18(17)15-26;/h4-5,7-8,16H,3,6,9-15H2,1-2H3,(H2,21,22,23);1H. The summed E-state index contributed by atoms with van der Waals surface area (Å²) in [5.41, 5.74) is 2.99. The molecule has 154 valence electrons. The van der Waals surface area contributed by atoms with Crippen molar-refractivity contribution in [1.29, 1.82) is 0 Å². The third-order valence-corrected chi connectivity index (χ3v) is 5.03. The van der Waals surface area contributed by atoms with Gasteiger partial charge in [-0.2, -0.15) is 0 Å². The van der Waals surface area contributed by atoms with E-state index in [1.807, 2.05) is 7.05 Å². The molecule has 1 aliphatic rings. The number of aromatic nitrogens is 3. The Bertz CT molecular complexity index is 744. The molecule has 0 atom stereocenters. The van der Waals surface area contributed by atoms with Gasteiger partial charge in [-0.3, -0.25) is 9.89 Å². The first kappa shape index (κ1) is 22.6. The molecule has 28 heavy (non-hydrogen) atoms. The third-order valence-electron chi connectivity index (χ3n) is 5.03. The Morgan fingerprint density at radius 1 is 1.14 bits per heavy atom. The second kappa shape index (κ2) is 12.0. The smallest absolute Gasteiger partial charge is 0.191 e. The van der Waals surface area contributed by atoms with Crippen LogP contribution in [0.25, 0.3) is 0 Å². The van der Waals surface area contributed by atoms with Gasteiger partial charge >= 0.3 is 0 Å². The predicted octanol–water partition coefficient (Wildman–Crippen LogP) is 2.07. The summed E-state index contributed by atoms with van der Waals surface area (Å²) in [4.78, 5) is 6.84. The lowest BCUT2D eigenvalue weighted by Gasteiger charge is -2.28. The molecular weight excluding hydrogens is 465 g/mol. The van der Waals surface area contributed by atoms with Gasteiger partial charge in [0.1, 0.15) is 12.2 Å². The molecule has 8 heteroatoms. The first-order valence-electron chi connectivity index (χ1n) is 9.90. The maximum atomic E-state index is 4.30. The first-order chi connectivity index (χ1) is 13.3. The Morgan fingerprint density at radius 3 is 2.71 bits per heavy atom. The summed E-state index contributed by atoms with van der Waals surface area (Å²) in [6, 6.07) is 8.80. The number of hydrogen-bond donors (Lipinski definition) is 2.